The van der Waals surface area contributed by atoms with Crippen LogP contribution < -0.4 is 0 Å². The van der Waals surface area contributed by atoms with Gasteiger partial charge in [-0.15, -0.1) is 0 Å². The second-order valence-corrected chi connectivity index (χ2v) is 2.38. The lowest BCUT2D eigenvalue weighted by Gasteiger charge is -2.08. The maximum absolute atomic E-state index is 10.2. The van der Waals surface area contributed by atoms with E-state index in [1.54, 1.807) is 24.3 Å². The van der Waals surface area contributed by atoms with Crippen LogP contribution in [0.3, 0.4) is 0 Å². The minimum atomic E-state index is 0.622. The van der Waals surface area contributed by atoms with Gasteiger partial charge in [0.05, 0.1) is 0 Å². The number of amides is 1. The van der Waals surface area contributed by atoms with Crippen LogP contribution in [0.1, 0.15) is 5.56 Å². The molecule has 58 valence electrons. The Morgan fingerprint density at radius 3 is 3.09 bits per heavy atom. The highest BCUT2D eigenvalue weighted by Crippen LogP contribution is 1.97. The predicted octanol–water partition coefficient (Wildman–Crippen LogP) is 0.670. The van der Waals surface area contributed by atoms with Crippen molar-refractivity contribution in [1.29, 1.82) is 0 Å². The first-order valence-corrected chi connectivity index (χ1v) is 3.37. The van der Waals surface area contributed by atoms with Gasteiger partial charge >= 0.3 is 0 Å². The van der Waals surface area contributed by atoms with Crippen molar-refractivity contribution < 1.29 is 4.79 Å². The average molecular weight is 150 g/mol. The van der Waals surface area contributed by atoms with Crippen LogP contribution in [0.2, 0.25) is 0 Å². The molecular formula is C8H10N2O. The zero-order valence-corrected chi connectivity index (χ0v) is 6.40. The molecule has 0 saturated heterocycles. The summed E-state index contributed by atoms with van der Waals surface area (Å²) in [6.45, 7) is 0.622. The van der Waals surface area contributed by atoms with Crippen LogP contribution in [0.4, 0.5) is 0 Å². The molecule has 1 rings (SSSR count). The van der Waals surface area contributed by atoms with Gasteiger partial charge in [0.1, 0.15) is 0 Å². The number of nitrogens with zero attached hydrogens (tertiary/aromatic N) is 2. The Kier molecular flexibility index (Phi) is 2.60. The van der Waals surface area contributed by atoms with Crippen molar-refractivity contribution in [2.24, 2.45) is 0 Å². The summed E-state index contributed by atoms with van der Waals surface area (Å²) in [4.78, 5) is 15.7. The highest BCUT2D eigenvalue weighted by atomic mass is 16.1. The first-order chi connectivity index (χ1) is 5.33. The van der Waals surface area contributed by atoms with Gasteiger partial charge in [-0.2, -0.15) is 0 Å². The zero-order chi connectivity index (χ0) is 8.10. The summed E-state index contributed by atoms with van der Waals surface area (Å²) in [5.74, 6) is 0. The molecule has 0 N–H and O–H groups in total. The van der Waals surface area contributed by atoms with E-state index in [1.165, 1.54) is 0 Å². The molecule has 0 saturated carbocycles. The SMILES string of the molecule is CN(C=O)Cc1cccnc1. The summed E-state index contributed by atoms with van der Waals surface area (Å²) in [7, 11) is 1.74. The molecule has 1 amide bonds. The summed E-state index contributed by atoms with van der Waals surface area (Å²) >= 11 is 0. The molecule has 0 atom stereocenters. The highest BCUT2D eigenvalue weighted by Gasteiger charge is 1.94. The monoisotopic (exact) mass is 150 g/mol. The average Bonchev–Trinajstić information content (AvgIpc) is 2.06. The first kappa shape index (κ1) is 7.72. The van der Waals surface area contributed by atoms with Crippen LogP contribution >= 0.6 is 0 Å². The Morgan fingerprint density at radius 1 is 1.73 bits per heavy atom. The lowest BCUT2D eigenvalue weighted by atomic mass is 10.3. The van der Waals surface area contributed by atoms with Gasteiger partial charge in [-0.25, -0.2) is 0 Å². The molecule has 0 unspecified atom stereocenters. The second kappa shape index (κ2) is 3.71. The number of pyridine rings is 1. The third-order valence-corrected chi connectivity index (χ3v) is 1.33. The van der Waals surface area contributed by atoms with Crippen LogP contribution in [-0.2, 0) is 11.3 Å². The van der Waals surface area contributed by atoms with E-state index in [0.29, 0.717) is 6.54 Å². The Labute approximate surface area is 65.7 Å². The van der Waals surface area contributed by atoms with E-state index in [2.05, 4.69) is 4.98 Å². The molecule has 0 aliphatic carbocycles. The van der Waals surface area contributed by atoms with Crippen molar-refractivity contribution in [3.63, 3.8) is 0 Å². The maximum atomic E-state index is 10.2. The van der Waals surface area contributed by atoms with Gasteiger partial charge in [-0.05, 0) is 11.6 Å². The van der Waals surface area contributed by atoms with E-state index in [1.807, 2.05) is 12.1 Å². The standard InChI is InChI=1S/C8H10N2O/c1-10(7-11)6-8-3-2-4-9-5-8/h2-5,7H,6H2,1H3. The van der Waals surface area contributed by atoms with Crippen molar-refractivity contribution in [3.05, 3.63) is 30.1 Å². The molecule has 11 heavy (non-hydrogen) atoms. The molecule has 1 heterocycles. The molecule has 0 aliphatic heterocycles. The molecule has 0 spiro atoms. The van der Waals surface area contributed by atoms with Crippen molar-refractivity contribution in [1.82, 2.24) is 9.88 Å². The van der Waals surface area contributed by atoms with Crippen molar-refractivity contribution in [3.8, 4) is 0 Å². The first-order valence-electron chi connectivity index (χ1n) is 3.37. The number of hydrogen-bond acceptors (Lipinski definition) is 2. The maximum Gasteiger partial charge on any atom is 0.209 e. The second-order valence-electron chi connectivity index (χ2n) is 2.38. The Hall–Kier alpha value is -1.38. The van der Waals surface area contributed by atoms with Gasteiger partial charge < -0.3 is 4.90 Å². The summed E-state index contributed by atoms with van der Waals surface area (Å²) in [5.41, 5.74) is 1.04. The van der Waals surface area contributed by atoms with Gasteiger partial charge in [0.2, 0.25) is 6.41 Å². The van der Waals surface area contributed by atoms with Crippen LogP contribution in [0.5, 0.6) is 0 Å². The molecule has 1 aromatic heterocycles. The predicted molar refractivity (Wildman–Crippen MR) is 41.8 cm³/mol. The minimum absolute atomic E-state index is 0.622. The minimum Gasteiger partial charge on any atom is -0.344 e. The lowest BCUT2D eigenvalue weighted by molar-refractivity contribution is -0.117. The summed E-state index contributed by atoms with van der Waals surface area (Å²) in [6, 6.07) is 3.79. The lowest BCUT2D eigenvalue weighted by Crippen LogP contribution is -2.14. The normalized spacial score (nSPS) is 9.18. The molecular weight excluding hydrogens is 140 g/mol. The number of rotatable bonds is 3. The summed E-state index contributed by atoms with van der Waals surface area (Å²) in [5, 5.41) is 0. The van der Waals surface area contributed by atoms with Gasteiger partial charge in [0.25, 0.3) is 0 Å². The van der Waals surface area contributed by atoms with Crippen molar-refractivity contribution in [2.75, 3.05) is 7.05 Å². The molecule has 0 radical (unpaired) electrons. The molecule has 3 nitrogen and oxygen atoms in total. The highest BCUT2D eigenvalue weighted by molar-refractivity contribution is 5.46. The van der Waals surface area contributed by atoms with Crippen LogP contribution in [-0.4, -0.2) is 23.3 Å². The van der Waals surface area contributed by atoms with Crippen LogP contribution in [0.25, 0.3) is 0 Å². The largest absolute Gasteiger partial charge is 0.344 e. The Balaban J connectivity index is 2.57. The third-order valence-electron chi connectivity index (χ3n) is 1.33. The van der Waals surface area contributed by atoms with Gasteiger partial charge in [0, 0.05) is 26.0 Å². The number of hydrogen-bond donors (Lipinski definition) is 0. The molecule has 0 aliphatic rings. The van der Waals surface area contributed by atoms with E-state index in [-0.39, 0.29) is 0 Å². The van der Waals surface area contributed by atoms with E-state index >= 15 is 0 Å². The van der Waals surface area contributed by atoms with E-state index in [9.17, 15) is 4.79 Å². The van der Waals surface area contributed by atoms with Crippen LogP contribution in [0, 0.1) is 0 Å². The smallest absolute Gasteiger partial charge is 0.209 e. The fraction of sp³-hybridized carbons (Fsp3) is 0.250. The quantitative estimate of drug-likeness (QED) is 0.593. The molecule has 0 bridgehead atoms. The number of carbonyl (C=O) groups excluding carboxylic acids is 1. The summed E-state index contributed by atoms with van der Waals surface area (Å²) in [6.07, 6.45) is 4.26. The topological polar surface area (TPSA) is 33.2 Å². The fourth-order valence-electron chi connectivity index (χ4n) is 0.817. The number of carbonyl (C=O) groups is 1. The van der Waals surface area contributed by atoms with Crippen LogP contribution in [0.15, 0.2) is 24.5 Å². The molecule has 0 fully saturated rings. The van der Waals surface area contributed by atoms with E-state index in [4.69, 9.17) is 0 Å². The van der Waals surface area contributed by atoms with Gasteiger partial charge in [-0.3, -0.25) is 9.78 Å². The zero-order valence-electron chi connectivity index (χ0n) is 6.40. The van der Waals surface area contributed by atoms with E-state index in [0.717, 1.165) is 12.0 Å². The third kappa shape index (κ3) is 2.37. The fourth-order valence-corrected chi connectivity index (χ4v) is 0.817. The Bertz CT molecular complexity index is 223. The van der Waals surface area contributed by atoms with Crippen molar-refractivity contribution >= 4 is 6.41 Å². The summed E-state index contributed by atoms with van der Waals surface area (Å²) < 4.78 is 0. The Morgan fingerprint density at radius 2 is 2.55 bits per heavy atom. The molecule has 3 heteroatoms. The molecule has 0 aromatic carbocycles. The molecule has 1 aromatic rings. The number of aromatic nitrogens is 1. The van der Waals surface area contributed by atoms with Gasteiger partial charge in [-0.1, -0.05) is 6.07 Å². The van der Waals surface area contributed by atoms with E-state index < -0.39 is 0 Å². The van der Waals surface area contributed by atoms with Gasteiger partial charge in [0.15, 0.2) is 0 Å². The van der Waals surface area contributed by atoms with Crippen molar-refractivity contribution in [2.45, 2.75) is 6.54 Å².